The molecule has 0 atom stereocenters. The van der Waals surface area contributed by atoms with Gasteiger partial charge in [0.05, 0.1) is 23.8 Å². The van der Waals surface area contributed by atoms with Gasteiger partial charge in [-0.05, 0) is 61.4 Å². The molecule has 2 aromatic carbocycles. The molecule has 238 valence electrons. The Balaban J connectivity index is 1.11. The molecule has 0 aliphatic carbocycles. The molecular formula is C36H44N8O2+2. The molecule has 0 aliphatic heterocycles. The molecule has 0 aliphatic rings. The fourth-order valence-corrected chi connectivity index (χ4v) is 4.72. The van der Waals surface area contributed by atoms with Gasteiger partial charge in [0.15, 0.2) is 24.8 Å². The van der Waals surface area contributed by atoms with Gasteiger partial charge in [-0.15, -0.1) is 0 Å². The molecule has 2 heterocycles. The average molecular weight is 621 g/mol. The van der Waals surface area contributed by atoms with Crippen LogP contribution >= 0.6 is 0 Å². The third kappa shape index (κ3) is 11.3. The summed E-state index contributed by atoms with van der Waals surface area (Å²) in [6.07, 6.45) is 16.8. The van der Waals surface area contributed by atoms with Crippen molar-refractivity contribution in [2.24, 2.45) is 10.2 Å². The molecule has 2 amide bonds. The van der Waals surface area contributed by atoms with E-state index >= 15 is 0 Å². The van der Waals surface area contributed by atoms with Crippen molar-refractivity contribution >= 4 is 47.0 Å². The second-order valence-electron chi connectivity index (χ2n) is 11.1. The molecule has 4 rings (SSSR count). The van der Waals surface area contributed by atoms with Gasteiger partial charge >= 0.3 is 0 Å². The molecule has 0 saturated heterocycles. The molecule has 0 bridgehead atoms. The zero-order chi connectivity index (χ0) is 32.7. The summed E-state index contributed by atoms with van der Waals surface area (Å²) >= 11 is 0. The number of hydrazone groups is 2. The molecular weight excluding hydrogens is 576 g/mol. The fraction of sp³-hybridized carbons (Fsp3) is 0.278. The van der Waals surface area contributed by atoms with Crippen LogP contribution in [-0.2, 0) is 22.7 Å². The van der Waals surface area contributed by atoms with Crippen LogP contribution in [0.3, 0.4) is 0 Å². The number of amides is 2. The maximum absolute atomic E-state index is 11.2. The predicted octanol–water partition coefficient (Wildman–Crippen LogP) is 5.38. The van der Waals surface area contributed by atoms with Crippen molar-refractivity contribution in [2.45, 2.75) is 52.6 Å². The minimum atomic E-state index is -0.0870. The van der Waals surface area contributed by atoms with E-state index in [4.69, 9.17) is 0 Å². The van der Waals surface area contributed by atoms with Crippen LogP contribution in [0, 0.1) is 0 Å². The monoisotopic (exact) mass is 620 g/mol. The summed E-state index contributed by atoms with van der Waals surface area (Å²) in [4.78, 5) is 22.4. The number of nitrogens with zero attached hydrogens (tertiary/aromatic N) is 6. The smallest absolute Gasteiger partial charge is 0.221 e. The average Bonchev–Trinajstić information content (AvgIpc) is 3.05. The van der Waals surface area contributed by atoms with Crippen molar-refractivity contribution in [3.8, 4) is 0 Å². The number of benzene rings is 2. The Morgan fingerprint density at radius 2 is 0.935 bits per heavy atom. The number of rotatable bonds is 15. The Kier molecular flexibility index (Phi) is 12.5. The van der Waals surface area contributed by atoms with Gasteiger partial charge in [-0.1, -0.05) is 0 Å². The van der Waals surface area contributed by atoms with E-state index in [2.05, 4.69) is 79.0 Å². The Morgan fingerprint density at radius 3 is 1.26 bits per heavy atom. The van der Waals surface area contributed by atoms with Crippen molar-refractivity contribution < 1.29 is 18.7 Å². The first kappa shape index (κ1) is 33.5. The second-order valence-corrected chi connectivity index (χ2v) is 11.1. The van der Waals surface area contributed by atoms with Crippen LogP contribution < -0.4 is 29.8 Å². The summed E-state index contributed by atoms with van der Waals surface area (Å²) in [5.74, 6) is -0.174. The molecule has 2 N–H and O–H groups in total. The maximum Gasteiger partial charge on any atom is 0.221 e. The Bertz CT molecular complexity index is 1480. The highest BCUT2D eigenvalue weighted by molar-refractivity contribution is 5.89. The number of unbranched alkanes of at least 4 members (excludes halogenated alkanes) is 3. The molecule has 4 aromatic rings. The minimum absolute atomic E-state index is 0.0870. The summed E-state index contributed by atoms with van der Waals surface area (Å²) in [5.41, 5.74) is 5.48. The van der Waals surface area contributed by atoms with Gasteiger partial charge in [-0.25, -0.2) is 9.13 Å². The van der Waals surface area contributed by atoms with Crippen molar-refractivity contribution in [1.29, 1.82) is 0 Å². The van der Waals surface area contributed by atoms with Gasteiger partial charge in [-0.3, -0.25) is 19.6 Å². The Hall–Kier alpha value is -5.38. The number of pyridine rings is 2. The lowest BCUT2D eigenvalue weighted by Gasteiger charge is -2.13. The fourth-order valence-electron chi connectivity index (χ4n) is 4.72. The minimum Gasteiger partial charge on any atom is -0.326 e. The Morgan fingerprint density at radius 1 is 0.587 bits per heavy atom. The topological polar surface area (TPSA) is 97.2 Å². The number of aromatic nitrogens is 2. The third-order valence-electron chi connectivity index (χ3n) is 7.30. The molecule has 10 heteroatoms. The normalized spacial score (nSPS) is 11.1. The van der Waals surface area contributed by atoms with Crippen LogP contribution in [0.1, 0.15) is 50.7 Å². The first-order chi connectivity index (χ1) is 22.2. The van der Waals surface area contributed by atoms with E-state index in [-0.39, 0.29) is 11.8 Å². The highest BCUT2D eigenvalue weighted by atomic mass is 16.2. The van der Waals surface area contributed by atoms with Gasteiger partial charge in [-0.2, -0.15) is 10.2 Å². The Labute approximate surface area is 271 Å². The SMILES string of the molecule is CC(=O)Nc1ccc(N(C)/N=C/c2cc[n+](CCCCCC[n+]3ccc(/C=N/N(C)c4ccc(NC(C)=O)cc4)cc3)cc2)cc1. The quantitative estimate of drug-likeness (QED) is 0.0808. The molecule has 10 nitrogen and oxygen atoms in total. The van der Waals surface area contributed by atoms with Crippen molar-refractivity contribution in [1.82, 2.24) is 0 Å². The van der Waals surface area contributed by atoms with Crippen LogP contribution in [0.25, 0.3) is 0 Å². The number of hydrogen-bond acceptors (Lipinski definition) is 6. The zero-order valence-corrected chi connectivity index (χ0v) is 27.1. The lowest BCUT2D eigenvalue weighted by Crippen LogP contribution is -2.33. The van der Waals surface area contributed by atoms with Crippen LogP contribution in [0.15, 0.2) is 108 Å². The maximum atomic E-state index is 11.2. The number of carbonyl (C=O) groups excluding carboxylic acids is 2. The first-order valence-electron chi connectivity index (χ1n) is 15.5. The lowest BCUT2D eigenvalue weighted by atomic mass is 10.2. The second kappa shape index (κ2) is 17.2. The predicted molar refractivity (Wildman–Crippen MR) is 185 cm³/mol. The van der Waals surface area contributed by atoms with Gasteiger partial charge in [0.2, 0.25) is 11.8 Å². The molecule has 0 radical (unpaired) electrons. The van der Waals surface area contributed by atoms with Crippen LogP contribution in [0.2, 0.25) is 0 Å². The van der Waals surface area contributed by atoms with Crippen LogP contribution in [0.5, 0.6) is 0 Å². The van der Waals surface area contributed by atoms with Gasteiger partial charge in [0.25, 0.3) is 0 Å². The van der Waals surface area contributed by atoms with Crippen molar-refractivity contribution in [3.05, 3.63) is 109 Å². The number of hydrogen-bond donors (Lipinski definition) is 2. The summed E-state index contributed by atoms with van der Waals surface area (Å²) < 4.78 is 4.43. The molecule has 0 spiro atoms. The summed E-state index contributed by atoms with van der Waals surface area (Å²) in [6, 6.07) is 23.5. The summed E-state index contributed by atoms with van der Waals surface area (Å²) in [7, 11) is 3.80. The standard InChI is InChI=1S/C36H42N8O2/c1-29(45)39-33-9-13-35(14-10-33)41(3)37-27-31-17-23-43(24-18-31)21-7-5-6-8-22-44-25-19-32(20-26-44)28-38-42(4)36-15-11-34(12-16-36)40-30(2)46/h9-20,23-28H,5-8,21-22H2,1-4H3/p+2. The largest absolute Gasteiger partial charge is 0.326 e. The van der Waals surface area contributed by atoms with Crippen molar-refractivity contribution in [3.63, 3.8) is 0 Å². The molecule has 2 aromatic heterocycles. The zero-order valence-electron chi connectivity index (χ0n) is 27.1. The van der Waals surface area contributed by atoms with E-state index in [0.29, 0.717) is 0 Å². The first-order valence-corrected chi connectivity index (χ1v) is 15.5. The molecule has 0 saturated carbocycles. The van der Waals surface area contributed by atoms with Crippen molar-refractivity contribution in [2.75, 3.05) is 34.7 Å². The summed E-state index contributed by atoms with van der Waals surface area (Å²) in [5, 5.41) is 18.2. The number of nitrogens with one attached hydrogen (secondary N) is 2. The number of carbonyl (C=O) groups is 2. The van der Waals surface area contributed by atoms with E-state index in [0.717, 1.165) is 59.8 Å². The van der Waals surface area contributed by atoms with E-state index in [1.807, 2.05) is 75.1 Å². The van der Waals surface area contributed by atoms with Gasteiger partial charge in [0, 0.05) is 87.6 Å². The highest BCUT2D eigenvalue weighted by Gasteiger charge is 2.05. The lowest BCUT2D eigenvalue weighted by molar-refractivity contribution is -0.698. The van der Waals surface area contributed by atoms with Crippen LogP contribution in [-0.4, -0.2) is 38.3 Å². The van der Waals surface area contributed by atoms with E-state index in [9.17, 15) is 9.59 Å². The number of aryl methyl sites for hydroxylation is 2. The van der Waals surface area contributed by atoms with Gasteiger partial charge in [0.1, 0.15) is 13.1 Å². The van der Waals surface area contributed by atoms with E-state index in [1.54, 1.807) is 10.0 Å². The van der Waals surface area contributed by atoms with E-state index in [1.165, 1.54) is 26.7 Å². The number of anilines is 4. The third-order valence-corrected chi connectivity index (χ3v) is 7.30. The molecule has 46 heavy (non-hydrogen) atoms. The molecule has 0 unspecified atom stereocenters. The van der Waals surface area contributed by atoms with Crippen LogP contribution in [0.4, 0.5) is 22.7 Å². The van der Waals surface area contributed by atoms with Gasteiger partial charge < -0.3 is 10.6 Å². The summed E-state index contributed by atoms with van der Waals surface area (Å²) in [6.45, 7) is 4.98. The molecule has 0 fully saturated rings. The highest BCUT2D eigenvalue weighted by Crippen LogP contribution is 2.18. The van der Waals surface area contributed by atoms with E-state index < -0.39 is 0 Å².